The monoisotopic (exact) mass is 224 g/mol. The van der Waals surface area contributed by atoms with Gasteiger partial charge in [0.2, 0.25) is 5.91 Å². The highest BCUT2D eigenvalue weighted by molar-refractivity contribution is 5.79. The maximum Gasteiger partial charge on any atom is 0.223 e. The van der Waals surface area contributed by atoms with E-state index in [1.165, 1.54) is 25.7 Å². The lowest BCUT2D eigenvalue weighted by atomic mass is 9.95. The lowest BCUT2D eigenvalue weighted by Gasteiger charge is -2.27. The van der Waals surface area contributed by atoms with Crippen LogP contribution in [0.4, 0.5) is 0 Å². The SMILES string of the molecule is CC1(NC(=O)C2CCCCCC2)CCNC1. The van der Waals surface area contributed by atoms with Crippen LogP contribution in [0, 0.1) is 5.92 Å². The van der Waals surface area contributed by atoms with Crippen LogP contribution in [0.2, 0.25) is 0 Å². The van der Waals surface area contributed by atoms with E-state index >= 15 is 0 Å². The van der Waals surface area contributed by atoms with E-state index in [9.17, 15) is 4.79 Å². The van der Waals surface area contributed by atoms with Crippen molar-refractivity contribution < 1.29 is 4.79 Å². The second-order valence-electron chi connectivity index (χ2n) is 5.67. The zero-order valence-electron chi connectivity index (χ0n) is 10.3. The van der Waals surface area contributed by atoms with Crippen molar-refractivity contribution >= 4 is 5.91 Å². The van der Waals surface area contributed by atoms with Gasteiger partial charge in [-0.1, -0.05) is 25.7 Å². The molecule has 2 N–H and O–H groups in total. The molecule has 0 aromatic heterocycles. The third-order valence-corrected chi connectivity index (χ3v) is 4.02. The van der Waals surface area contributed by atoms with E-state index in [0.29, 0.717) is 5.91 Å². The Balaban J connectivity index is 1.86. The van der Waals surface area contributed by atoms with Crippen LogP contribution < -0.4 is 10.6 Å². The average molecular weight is 224 g/mol. The summed E-state index contributed by atoms with van der Waals surface area (Å²) >= 11 is 0. The molecule has 1 atom stereocenters. The Morgan fingerprint density at radius 2 is 1.94 bits per heavy atom. The molecule has 0 radical (unpaired) electrons. The molecule has 0 spiro atoms. The molecule has 2 rings (SSSR count). The van der Waals surface area contributed by atoms with Gasteiger partial charge < -0.3 is 10.6 Å². The predicted molar refractivity (Wildman–Crippen MR) is 65.2 cm³/mol. The van der Waals surface area contributed by atoms with Gasteiger partial charge >= 0.3 is 0 Å². The molecule has 1 saturated carbocycles. The first-order valence-corrected chi connectivity index (χ1v) is 6.72. The van der Waals surface area contributed by atoms with Crippen LogP contribution in [0.3, 0.4) is 0 Å². The number of nitrogens with one attached hydrogen (secondary N) is 2. The second-order valence-corrected chi connectivity index (χ2v) is 5.67. The van der Waals surface area contributed by atoms with Crippen molar-refractivity contribution in [2.45, 2.75) is 57.4 Å². The summed E-state index contributed by atoms with van der Waals surface area (Å²) in [7, 11) is 0. The number of carbonyl (C=O) groups is 1. The van der Waals surface area contributed by atoms with Crippen LogP contribution in [0.15, 0.2) is 0 Å². The normalized spacial score (nSPS) is 32.3. The molecule has 1 unspecified atom stereocenters. The Bertz CT molecular complexity index is 238. The van der Waals surface area contributed by atoms with E-state index in [2.05, 4.69) is 17.6 Å². The van der Waals surface area contributed by atoms with Gasteiger partial charge in [0.25, 0.3) is 0 Å². The second kappa shape index (κ2) is 5.17. The van der Waals surface area contributed by atoms with Crippen molar-refractivity contribution in [3.63, 3.8) is 0 Å². The molecule has 1 saturated heterocycles. The van der Waals surface area contributed by atoms with E-state index in [1.54, 1.807) is 0 Å². The first kappa shape index (κ1) is 11.9. The largest absolute Gasteiger partial charge is 0.349 e. The first-order valence-electron chi connectivity index (χ1n) is 6.72. The molecule has 1 heterocycles. The molecule has 1 amide bonds. The number of rotatable bonds is 2. The Morgan fingerprint density at radius 1 is 1.25 bits per heavy atom. The van der Waals surface area contributed by atoms with E-state index in [4.69, 9.17) is 0 Å². The summed E-state index contributed by atoms with van der Waals surface area (Å²) in [4.78, 5) is 12.2. The van der Waals surface area contributed by atoms with Crippen molar-refractivity contribution in [1.29, 1.82) is 0 Å². The van der Waals surface area contributed by atoms with Crippen LogP contribution in [-0.2, 0) is 4.79 Å². The highest BCUT2D eigenvalue weighted by Crippen LogP contribution is 2.24. The standard InChI is InChI=1S/C13H24N2O/c1-13(8-9-14-10-13)15-12(16)11-6-4-2-3-5-7-11/h11,14H,2-10H2,1H3,(H,15,16). The average Bonchev–Trinajstić information content (AvgIpc) is 2.56. The zero-order chi connectivity index (χ0) is 11.4. The molecule has 3 nitrogen and oxygen atoms in total. The van der Waals surface area contributed by atoms with Gasteiger partial charge in [-0.3, -0.25) is 4.79 Å². The lowest BCUT2D eigenvalue weighted by molar-refractivity contribution is -0.127. The number of carbonyl (C=O) groups excluding carboxylic acids is 1. The maximum atomic E-state index is 12.2. The van der Waals surface area contributed by atoms with Gasteiger partial charge in [-0.15, -0.1) is 0 Å². The highest BCUT2D eigenvalue weighted by Gasteiger charge is 2.32. The van der Waals surface area contributed by atoms with Gasteiger partial charge in [0.05, 0.1) is 5.54 Å². The van der Waals surface area contributed by atoms with E-state index in [0.717, 1.165) is 32.4 Å². The van der Waals surface area contributed by atoms with Crippen molar-refractivity contribution in [2.24, 2.45) is 5.92 Å². The Morgan fingerprint density at radius 3 is 2.50 bits per heavy atom. The van der Waals surface area contributed by atoms with Crippen LogP contribution in [-0.4, -0.2) is 24.5 Å². The molecular weight excluding hydrogens is 200 g/mol. The van der Waals surface area contributed by atoms with Gasteiger partial charge in [0, 0.05) is 12.5 Å². The Hall–Kier alpha value is -0.570. The quantitative estimate of drug-likeness (QED) is 0.703. The summed E-state index contributed by atoms with van der Waals surface area (Å²) in [5.74, 6) is 0.577. The fourth-order valence-corrected chi connectivity index (χ4v) is 2.86. The Labute approximate surface area is 98.4 Å². The third kappa shape index (κ3) is 2.97. The topological polar surface area (TPSA) is 41.1 Å². The number of amides is 1. The summed E-state index contributed by atoms with van der Waals surface area (Å²) in [5.41, 5.74) is 0.00336. The predicted octanol–water partition coefficient (Wildman–Crippen LogP) is 1.82. The fourth-order valence-electron chi connectivity index (χ4n) is 2.86. The molecule has 92 valence electrons. The maximum absolute atomic E-state index is 12.2. The van der Waals surface area contributed by atoms with Gasteiger partial charge in [0.1, 0.15) is 0 Å². The minimum atomic E-state index is 0.00336. The summed E-state index contributed by atoms with van der Waals surface area (Å²) in [6.45, 7) is 4.11. The zero-order valence-corrected chi connectivity index (χ0v) is 10.3. The summed E-state index contributed by atoms with van der Waals surface area (Å²) in [5, 5.41) is 6.57. The highest BCUT2D eigenvalue weighted by atomic mass is 16.2. The minimum Gasteiger partial charge on any atom is -0.349 e. The Kier molecular flexibility index (Phi) is 3.85. The molecule has 0 aromatic carbocycles. The molecule has 1 aliphatic carbocycles. The van der Waals surface area contributed by atoms with Crippen molar-refractivity contribution in [3.8, 4) is 0 Å². The summed E-state index contributed by atoms with van der Waals surface area (Å²) in [6, 6.07) is 0. The van der Waals surface area contributed by atoms with Crippen LogP contribution in [0.1, 0.15) is 51.9 Å². The van der Waals surface area contributed by atoms with Gasteiger partial charge in [-0.2, -0.15) is 0 Å². The third-order valence-electron chi connectivity index (χ3n) is 4.02. The minimum absolute atomic E-state index is 0.00336. The molecule has 2 aliphatic rings. The van der Waals surface area contributed by atoms with Crippen molar-refractivity contribution in [2.75, 3.05) is 13.1 Å². The van der Waals surface area contributed by atoms with Crippen LogP contribution in [0.25, 0.3) is 0 Å². The lowest BCUT2D eigenvalue weighted by Crippen LogP contribution is -2.49. The summed E-state index contributed by atoms with van der Waals surface area (Å²) < 4.78 is 0. The molecule has 0 aromatic rings. The summed E-state index contributed by atoms with van der Waals surface area (Å²) in [6.07, 6.45) is 8.32. The van der Waals surface area contributed by atoms with Crippen molar-refractivity contribution in [3.05, 3.63) is 0 Å². The molecule has 1 aliphatic heterocycles. The molecule has 16 heavy (non-hydrogen) atoms. The van der Waals surface area contributed by atoms with Crippen LogP contribution >= 0.6 is 0 Å². The van der Waals surface area contributed by atoms with Gasteiger partial charge in [-0.05, 0) is 32.7 Å². The van der Waals surface area contributed by atoms with Gasteiger partial charge in [0.15, 0.2) is 0 Å². The molecular formula is C13H24N2O. The van der Waals surface area contributed by atoms with Crippen LogP contribution in [0.5, 0.6) is 0 Å². The first-order chi connectivity index (χ1) is 7.70. The van der Waals surface area contributed by atoms with Crippen molar-refractivity contribution in [1.82, 2.24) is 10.6 Å². The smallest absolute Gasteiger partial charge is 0.223 e. The number of hydrogen-bond donors (Lipinski definition) is 2. The molecule has 3 heteroatoms. The number of hydrogen-bond acceptors (Lipinski definition) is 2. The fraction of sp³-hybridized carbons (Fsp3) is 0.923. The van der Waals surface area contributed by atoms with E-state index in [-0.39, 0.29) is 11.5 Å². The molecule has 0 bridgehead atoms. The van der Waals surface area contributed by atoms with E-state index < -0.39 is 0 Å². The van der Waals surface area contributed by atoms with Gasteiger partial charge in [-0.25, -0.2) is 0 Å². The van der Waals surface area contributed by atoms with E-state index in [1.807, 2.05) is 0 Å². The molecule has 2 fully saturated rings.